The Kier molecular flexibility index (Phi) is 7.58. The molecule has 0 unspecified atom stereocenters. The first-order valence-electron chi connectivity index (χ1n) is 9.28. The van der Waals surface area contributed by atoms with Crippen molar-refractivity contribution in [1.82, 2.24) is 19.6 Å². The van der Waals surface area contributed by atoms with Gasteiger partial charge in [0.25, 0.3) is 5.56 Å². The molecule has 0 aliphatic heterocycles. The second kappa shape index (κ2) is 10.4. The lowest BCUT2D eigenvalue weighted by Crippen LogP contribution is -2.41. The number of nitrogens with zero attached hydrogens (tertiary/aromatic N) is 3. The van der Waals surface area contributed by atoms with E-state index in [0.717, 1.165) is 5.56 Å². The zero-order valence-electron chi connectivity index (χ0n) is 16.3. The Morgan fingerprint density at radius 2 is 2.07 bits per heavy atom. The number of aromatic nitrogens is 2. The number of halogens is 1. The summed E-state index contributed by atoms with van der Waals surface area (Å²) >= 11 is 2.73. The number of benzene rings is 1. The monoisotopic (exact) mass is 448 g/mol. The summed E-state index contributed by atoms with van der Waals surface area (Å²) in [6.45, 7) is 2.44. The summed E-state index contributed by atoms with van der Waals surface area (Å²) in [5, 5.41) is 4.53. The highest BCUT2D eigenvalue weighted by Gasteiger charge is 2.16. The molecule has 1 aromatic carbocycles. The van der Waals surface area contributed by atoms with Crippen LogP contribution in [0.4, 0.5) is 4.39 Å². The van der Waals surface area contributed by atoms with Gasteiger partial charge >= 0.3 is 0 Å². The van der Waals surface area contributed by atoms with Crippen LogP contribution in [0.3, 0.4) is 0 Å². The summed E-state index contributed by atoms with van der Waals surface area (Å²) in [5.74, 6) is -0.152. The van der Waals surface area contributed by atoms with Gasteiger partial charge in [0.2, 0.25) is 11.8 Å². The first-order valence-corrected chi connectivity index (χ1v) is 11.3. The van der Waals surface area contributed by atoms with Gasteiger partial charge in [0.05, 0.1) is 18.0 Å². The summed E-state index contributed by atoms with van der Waals surface area (Å²) in [6.07, 6.45) is 1.68. The molecular formula is C20H21FN4O3S2. The third-order valence-corrected chi connectivity index (χ3v) is 6.01. The first-order chi connectivity index (χ1) is 14.5. The van der Waals surface area contributed by atoms with Crippen LogP contribution in [-0.2, 0) is 21.9 Å². The van der Waals surface area contributed by atoms with Crippen LogP contribution in [0.5, 0.6) is 0 Å². The van der Waals surface area contributed by atoms with Crippen molar-refractivity contribution >= 4 is 39.9 Å². The van der Waals surface area contributed by atoms with Gasteiger partial charge in [-0.25, -0.2) is 9.37 Å². The molecule has 0 aliphatic carbocycles. The van der Waals surface area contributed by atoms with Crippen LogP contribution < -0.4 is 10.9 Å². The SMILES string of the molecule is CCN(CC(=O)NCc1ccc(F)cc1)C(=O)CSCc1cc(=O)n2ccsc2n1. The molecule has 0 radical (unpaired) electrons. The van der Waals surface area contributed by atoms with E-state index in [2.05, 4.69) is 10.3 Å². The lowest BCUT2D eigenvalue weighted by molar-refractivity contribution is -0.133. The van der Waals surface area contributed by atoms with Gasteiger partial charge in [-0.15, -0.1) is 23.1 Å². The summed E-state index contributed by atoms with van der Waals surface area (Å²) in [6, 6.07) is 7.34. The zero-order valence-corrected chi connectivity index (χ0v) is 18.0. The predicted octanol–water partition coefficient (Wildman–Crippen LogP) is 2.29. The van der Waals surface area contributed by atoms with E-state index in [1.165, 1.54) is 50.6 Å². The number of hydrogen-bond acceptors (Lipinski definition) is 6. The van der Waals surface area contributed by atoms with Crippen LogP contribution in [0, 0.1) is 5.82 Å². The highest BCUT2D eigenvalue weighted by Crippen LogP contribution is 2.13. The fourth-order valence-electron chi connectivity index (χ4n) is 2.70. The Hall–Kier alpha value is -2.72. The van der Waals surface area contributed by atoms with Crippen molar-refractivity contribution in [1.29, 1.82) is 0 Å². The smallest absolute Gasteiger partial charge is 0.258 e. The quantitative estimate of drug-likeness (QED) is 0.543. The molecular weight excluding hydrogens is 427 g/mol. The topological polar surface area (TPSA) is 83.8 Å². The van der Waals surface area contributed by atoms with E-state index in [1.54, 1.807) is 23.7 Å². The van der Waals surface area contributed by atoms with Crippen molar-refractivity contribution in [2.24, 2.45) is 0 Å². The van der Waals surface area contributed by atoms with E-state index in [4.69, 9.17) is 0 Å². The number of amides is 2. The van der Waals surface area contributed by atoms with Gasteiger partial charge in [0, 0.05) is 36.5 Å². The van der Waals surface area contributed by atoms with Crippen molar-refractivity contribution in [3.8, 4) is 0 Å². The van der Waals surface area contributed by atoms with Gasteiger partial charge in [-0.3, -0.25) is 18.8 Å². The Balaban J connectivity index is 1.45. The van der Waals surface area contributed by atoms with Crippen molar-refractivity contribution in [2.45, 2.75) is 19.2 Å². The number of nitrogens with one attached hydrogen (secondary N) is 1. The standard InChI is InChI=1S/C20H21FN4O3S2/c1-2-24(11-17(26)22-10-14-3-5-15(21)6-4-14)19(28)13-29-12-16-9-18(27)25-7-8-30-20(25)23-16/h3-9H,2,10-13H2,1H3,(H,22,26). The second-order valence-electron chi connectivity index (χ2n) is 6.45. The maximum absolute atomic E-state index is 12.9. The van der Waals surface area contributed by atoms with Crippen LogP contribution >= 0.6 is 23.1 Å². The highest BCUT2D eigenvalue weighted by molar-refractivity contribution is 7.99. The molecule has 3 aromatic rings. The molecule has 30 heavy (non-hydrogen) atoms. The molecule has 7 nitrogen and oxygen atoms in total. The molecule has 0 bridgehead atoms. The largest absolute Gasteiger partial charge is 0.350 e. The lowest BCUT2D eigenvalue weighted by Gasteiger charge is -2.20. The van der Waals surface area contributed by atoms with Crippen LogP contribution in [0.2, 0.25) is 0 Å². The number of rotatable bonds is 9. The molecule has 0 aliphatic rings. The van der Waals surface area contributed by atoms with Crippen LogP contribution in [-0.4, -0.2) is 44.9 Å². The second-order valence-corrected chi connectivity index (χ2v) is 8.30. The number of fused-ring (bicyclic) bond motifs is 1. The van der Waals surface area contributed by atoms with Crippen LogP contribution in [0.25, 0.3) is 4.96 Å². The number of likely N-dealkylation sites (N-methyl/N-ethyl adjacent to an activating group) is 1. The molecule has 0 saturated heterocycles. The molecule has 0 atom stereocenters. The van der Waals surface area contributed by atoms with Crippen molar-refractivity contribution in [2.75, 3.05) is 18.8 Å². The maximum Gasteiger partial charge on any atom is 0.258 e. The van der Waals surface area contributed by atoms with Crippen molar-refractivity contribution < 1.29 is 14.0 Å². The third-order valence-electron chi connectivity index (χ3n) is 4.30. The fraction of sp³-hybridized carbons (Fsp3) is 0.300. The molecule has 2 amide bonds. The Morgan fingerprint density at radius 1 is 1.30 bits per heavy atom. The summed E-state index contributed by atoms with van der Waals surface area (Å²) in [5.41, 5.74) is 1.26. The van der Waals surface area contributed by atoms with Crippen molar-refractivity contribution in [3.05, 3.63) is 69.3 Å². The van der Waals surface area contributed by atoms with E-state index < -0.39 is 0 Å². The number of thiazole rings is 1. The van der Waals surface area contributed by atoms with Gasteiger partial charge < -0.3 is 10.2 Å². The van der Waals surface area contributed by atoms with Gasteiger partial charge in [-0.05, 0) is 24.6 Å². The van der Waals surface area contributed by atoms with Crippen LogP contribution in [0.15, 0.2) is 46.7 Å². The number of hydrogen-bond donors (Lipinski definition) is 1. The normalized spacial score (nSPS) is 10.9. The van der Waals surface area contributed by atoms with Gasteiger partial charge in [-0.2, -0.15) is 0 Å². The fourth-order valence-corrected chi connectivity index (χ4v) is 4.26. The van der Waals surface area contributed by atoms with E-state index in [1.807, 2.05) is 6.92 Å². The van der Waals surface area contributed by atoms with E-state index in [0.29, 0.717) is 23.0 Å². The summed E-state index contributed by atoms with van der Waals surface area (Å²) in [7, 11) is 0. The predicted molar refractivity (Wildman–Crippen MR) is 116 cm³/mol. The average Bonchev–Trinajstić information content (AvgIpc) is 3.21. The molecule has 1 N–H and O–H groups in total. The number of carbonyl (C=O) groups is 2. The highest BCUT2D eigenvalue weighted by atomic mass is 32.2. The van der Waals surface area contributed by atoms with Crippen LogP contribution in [0.1, 0.15) is 18.2 Å². The number of thioether (sulfide) groups is 1. The molecule has 0 fully saturated rings. The summed E-state index contributed by atoms with van der Waals surface area (Å²) < 4.78 is 14.4. The minimum Gasteiger partial charge on any atom is -0.350 e. The molecule has 2 heterocycles. The third kappa shape index (κ3) is 5.90. The lowest BCUT2D eigenvalue weighted by atomic mass is 10.2. The van der Waals surface area contributed by atoms with E-state index >= 15 is 0 Å². The molecule has 0 saturated carbocycles. The molecule has 10 heteroatoms. The van der Waals surface area contributed by atoms with Gasteiger partial charge in [0.15, 0.2) is 4.96 Å². The average molecular weight is 449 g/mol. The molecule has 158 valence electrons. The van der Waals surface area contributed by atoms with Gasteiger partial charge in [-0.1, -0.05) is 12.1 Å². The van der Waals surface area contributed by atoms with E-state index in [-0.39, 0.29) is 42.0 Å². The Bertz CT molecular complexity index is 1080. The molecule has 0 spiro atoms. The maximum atomic E-state index is 12.9. The Labute approximate surface area is 180 Å². The van der Waals surface area contributed by atoms with E-state index in [9.17, 15) is 18.8 Å². The Morgan fingerprint density at radius 3 is 2.80 bits per heavy atom. The molecule has 3 rings (SSSR count). The summed E-state index contributed by atoms with van der Waals surface area (Å²) in [4.78, 5) is 43.1. The van der Waals surface area contributed by atoms with Gasteiger partial charge in [0.1, 0.15) is 5.82 Å². The van der Waals surface area contributed by atoms with Crippen molar-refractivity contribution in [3.63, 3.8) is 0 Å². The number of carbonyl (C=O) groups excluding carboxylic acids is 2. The first kappa shape index (κ1) is 22.0. The minimum atomic E-state index is -0.332. The zero-order chi connectivity index (χ0) is 21.5. The molecule has 2 aromatic heterocycles. The minimum absolute atomic E-state index is 0.0438.